The fourth-order valence-electron chi connectivity index (χ4n) is 3.37. The van der Waals surface area contributed by atoms with Crippen LogP contribution >= 0.6 is 0 Å². The molecule has 0 aliphatic carbocycles. The smallest absolute Gasteiger partial charge is 0.256 e. The molecule has 0 unspecified atom stereocenters. The van der Waals surface area contributed by atoms with Crippen molar-refractivity contribution in [1.82, 2.24) is 0 Å². The second-order valence-electron chi connectivity index (χ2n) is 7.55. The molecule has 0 fully saturated rings. The third-order valence-electron chi connectivity index (χ3n) is 5.22. The largest absolute Gasteiger partial charge is 0.489 e. The third-order valence-corrected chi connectivity index (χ3v) is 5.22. The quantitative estimate of drug-likeness (QED) is 0.369. The number of hydrogen-bond acceptors (Lipinski definition) is 3. The minimum atomic E-state index is -0.256. The van der Waals surface area contributed by atoms with E-state index in [1.807, 2.05) is 67.6 Å². The molecule has 0 saturated heterocycles. The number of carbonyl (C=O) groups excluding carboxylic acids is 2. The van der Waals surface area contributed by atoms with Gasteiger partial charge in [-0.1, -0.05) is 54.6 Å². The van der Waals surface area contributed by atoms with Gasteiger partial charge in [-0.3, -0.25) is 9.59 Å². The summed E-state index contributed by atoms with van der Waals surface area (Å²) in [4.78, 5) is 25.5. The summed E-state index contributed by atoms with van der Waals surface area (Å²) in [5.74, 6) is 0.203. The predicted octanol–water partition coefficient (Wildman–Crippen LogP) is 6.08. The second kappa shape index (κ2) is 10.3. The van der Waals surface area contributed by atoms with Gasteiger partial charge in [-0.15, -0.1) is 0 Å². The molecule has 0 aliphatic heterocycles. The van der Waals surface area contributed by atoms with Crippen LogP contribution in [0.1, 0.15) is 31.8 Å². The van der Waals surface area contributed by atoms with Crippen LogP contribution in [0.3, 0.4) is 0 Å². The lowest BCUT2D eigenvalue weighted by molar-refractivity contribution is 0.101. The molecule has 0 bridgehead atoms. The first-order chi connectivity index (χ1) is 16.1. The molecule has 0 spiro atoms. The van der Waals surface area contributed by atoms with Gasteiger partial charge in [0.2, 0.25) is 0 Å². The molecular formula is C28H24N2O3. The minimum absolute atomic E-state index is 0.227. The SMILES string of the molecule is Cc1c(NC(=O)c2ccc(OCc3ccccc3)cc2)cccc1C(=O)Nc1ccccc1. The maximum absolute atomic E-state index is 12.8. The lowest BCUT2D eigenvalue weighted by atomic mass is 10.1. The van der Waals surface area contributed by atoms with Gasteiger partial charge in [-0.2, -0.15) is 0 Å². The van der Waals surface area contributed by atoms with Crippen LogP contribution in [0.15, 0.2) is 103 Å². The molecule has 0 atom stereocenters. The van der Waals surface area contributed by atoms with Crippen molar-refractivity contribution in [3.63, 3.8) is 0 Å². The van der Waals surface area contributed by atoms with Crippen LogP contribution in [0.2, 0.25) is 0 Å². The zero-order chi connectivity index (χ0) is 23.0. The highest BCUT2D eigenvalue weighted by molar-refractivity contribution is 6.08. The van der Waals surface area contributed by atoms with E-state index >= 15 is 0 Å². The van der Waals surface area contributed by atoms with Crippen molar-refractivity contribution in [2.45, 2.75) is 13.5 Å². The summed E-state index contributed by atoms with van der Waals surface area (Å²) in [7, 11) is 0. The molecule has 0 radical (unpaired) electrons. The molecule has 33 heavy (non-hydrogen) atoms. The zero-order valence-corrected chi connectivity index (χ0v) is 18.2. The Morgan fingerprint density at radius 2 is 1.36 bits per heavy atom. The number of nitrogens with one attached hydrogen (secondary N) is 2. The summed E-state index contributed by atoms with van der Waals surface area (Å²) >= 11 is 0. The number of anilines is 2. The first-order valence-electron chi connectivity index (χ1n) is 10.6. The van der Waals surface area contributed by atoms with Crippen LogP contribution in [0.25, 0.3) is 0 Å². The molecule has 0 heterocycles. The Balaban J connectivity index is 1.40. The van der Waals surface area contributed by atoms with E-state index in [1.165, 1.54) is 0 Å². The van der Waals surface area contributed by atoms with E-state index < -0.39 is 0 Å². The zero-order valence-electron chi connectivity index (χ0n) is 18.2. The van der Waals surface area contributed by atoms with Crippen molar-refractivity contribution in [1.29, 1.82) is 0 Å². The van der Waals surface area contributed by atoms with Crippen LogP contribution in [0.5, 0.6) is 5.75 Å². The Kier molecular flexibility index (Phi) is 6.81. The van der Waals surface area contributed by atoms with Crippen molar-refractivity contribution in [2.75, 3.05) is 10.6 Å². The summed E-state index contributed by atoms with van der Waals surface area (Å²) in [6.07, 6.45) is 0. The van der Waals surface area contributed by atoms with Crippen LogP contribution in [-0.4, -0.2) is 11.8 Å². The van der Waals surface area contributed by atoms with Gasteiger partial charge in [-0.25, -0.2) is 0 Å². The fraction of sp³-hybridized carbons (Fsp3) is 0.0714. The Morgan fingerprint density at radius 1 is 0.697 bits per heavy atom. The normalized spacial score (nSPS) is 10.3. The monoisotopic (exact) mass is 436 g/mol. The second-order valence-corrected chi connectivity index (χ2v) is 7.55. The van der Waals surface area contributed by atoms with Crippen molar-refractivity contribution in [3.8, 4) is 5.75 Å². The van der Waals surface area contributed by atoms with Gasteiger partial charge in [0.25, 0.3) is 11.8 Å². The average Bonchev–Trinajstić information content (AvgIpc) is 2.85. The number of amides is 2. The van der Waals surface area contributed by atoms with Gasteiger partial charge in [0.05, 0.1) is 0 Å². The van der Waals surface area contributed by atoms with Gasteiger partial charge in [0.15, 0.2) is 0 Å². The maximum atomic E-state index is 12.8. The molecule has 5 heteroatoms. The molecule has 4 aromatic carbocycles. The Morgan fingerprint density at radius 3 is 2.06 bits per heavy atom. The van der Waals surface area contributed by atoms with E-state index in [0.717, 1.165) is 5.56 Å². The van der Waals surface area contributed by atoms with Crippen LogP contribution < -0.4 is 15.4 Å². The molecule has 4 aromatic rings. The molecule has 0 aliphatic rings. The summed E-state index contributed by atoms with van der Waals surface area (Å²) in [5.41, 5.74) is 4.08. The number of hydrogen-bond donors (Lipinski definition) is 2. The van der Waals surface area contributed by atoms with Crippen molar-refractivity contribution in [3.05, 3.63) is 125 Å². The average molecular weight is 437 g/mol. The first kappa shape index (κ1) is 21.8. The van der Waals surface area contributed by atoms with E-state index in [4.69, 9.17) is 4.74 Å². The third kappa shape index (κ3) is 5.66. The molecule has 5 nitrogen and oxygen atoms in total. The summed E-state index contributed by atoms with van der Waals surface area (Å²) < 4.78 is 5.78. The van der Waals surface area contributed by atoms with E-state index in [9.17, 15) is 9.59 Å². The predicted molar refractivity (Wildman–Crippen MR) is 131 cm³/mol. The van der Waals surface area contributed by atoms with Crippen LogP contribution in [0.4, 0.5) is 11.4 Å². The Labute approximate surface area is 193 Å². The van der Waals surface area contributed by atoms with Crippen molar-refractivity contribution in [2.24, 2.45) is 0 Å². The van der Waals surface area contributed by atoms with Crippen LogP contribution in [-0.2, 0) is 6.61 Å². The van der Waals surface area contributed by atoms with Crippen molar-refractivity contribution >= 4 is 23.2 Å². The van der Waals surface area contributed by atoms with E-state index in [0.29, 0.717) is 40.4 Å². The number of para-hydroxylation sites is 1. The summed E-state index contributed by atoms with van der Waals surface area (Å²) in [6.45, 7) is 2.28. The highest BCUT2D eigenvalue weighted by atomic mass is 16.5. The lowest BCUT2D eigenvalue weighted by Gasteiger charge is -2.13. The van der Waals surface area contributed by atoms with Crippen LogP contribution in [0, 0.1) is 6.92 Å². The van der Waals surface area contributed by atoms with Gasteiger partial charge >= 0.3 is 0 Å². The topological polar surface area (TPSA) is 67.4 Å². The Hall–Kier alpha value is -4.38. The number of ether oxygens (including phenoxy) is 1. The molecular weight excluding hydrogens is 412 g/mol. The Bertz CT molecular complexity index is 1240. The van der Waals surface area contributed by atoms with E-state index in [2.05, 4.69) is 10.6 Å². The van der Waals surface area contributed by atoms with E-state index in [-0.39, 0.29) is 11.8 Å². The van der Waals surface area contributed by atoms with Gasteiger partial charge < -0.3 is 15.4 Å². The lowest BCUT2D eigenvalue weighted by Crippen LogP contribution is -2.17. The number of rotatable bonds is 7. The highest BCUT2D eigenvalue weighted by Crippen LogP contribution is 2.22. The van der Waals surface area contributed by atoms with E-state index in [1.54, 1.807) is 42.5 Å². The fourth-order valence-corrected chi connectivity index (χ4v) is 3.37. The van der Waals surface area contributed by atoms with Gasteiger partial charge in [-0.05, 0) is 66.6 Å². The van der Waals surface area contributed by atoms with Crippen molar-refractivity contribution < 1.29 is 14.3 Å². The molecule has 164 valence electrons. The maximum Gasteiger partial charge on any atom is 0.256 e. The number of carbonyl (C=O) groups is 2. The molecule has 2 amide bonds. The molecule has 0 saturated carbocycles. The standard InChI is InChI=1S/C28H24N2O3/c1-20-25(28(32)29-23-11-6-3-7-12-23)13-8-14-26(20)30-27(31)22-15-17-24(18-16-22)33-19-21-9-4-2-5-10-21/h2-18H,19H2,1H3,(H,29,32)(H,30,31). The molecule has 4 rings (SSSR count). The summed E-state index contributed by atoms with van der Waals surface area (Å²) in [5, 5.41) is 5.78. The minimum Gasteiger partial charge on any atom is -0.489 e. The summed E-state index contributed by atoms with van der Waals surface area (Å²) in [6, 6.07) is 31.4. The molecule has 2 N–H and O–H groups in total. The molecule has 0 aromatic heterocycles. The first-order valence-corrected chi connectivity index (χ1v) is 10.6. The van der Waals surface area contributed by atoms with Gasteiger partial charge in [0, 0.05) is 22.5 Å². The van der Waals surface area contributed by atoms with Gasteiger partial charge in [0.1, 0.15) is 12.4 Å². The highest BCUT2D eigenvalue weighted by Gasteiger charge is 2.14. The number of benzene rings is 4.